The molecule has 1 saturated heterocycles. The van der Waals surface area contributed by atoms with E-state index < -0.39 is 0 Å². The van der Waals surface area contributed by atoms with Crippen LogP contribution in [0.1, 0.15) is 44.7 Å². The van der Waals surface area contributed by atoms with Crippen molar-refractivity contribution in [3.8, 4) is 5.75 Å². The number of carbonyl (C=O) groups excluding carboxylic acids is 2. The van der Waals surface area contributed by atoms with Crippen molar-refractivity contribution in [3.63, 3.8) is 0 Å². The molecule has 164 valence electrons. The number of nitrogens with one attached hydrogen (secondary N) is 1. The first-order chi connectivity index (χ1) is 14.8. The molecule has 0 radical (unpaired) electrons. The second kappa shape index (κ2) is 9.82. The molecular formula is C26H32N2O3. The smallest absolute Gasteiger partial charge is 0.246 e. The summed E-state index contributed by atoms with van der Waals surface area (Å²) in [7, 11) is 1.58. The number of ether oxygens (including phenoxy) is 1. The second-order valence-electron chi connectivity index (χ2n) is 8.99. The quantitative estimate of drug-likeness (QED) is 0.701. The van der Waals surface area contributed by atoms with Crippen molar-refractivity contribution >= 4 is 23.6 Å². The molecule has 2 amide bonds. The van der Waals surface area contributed by atoms with Crippen molar-refractivity contribution in [2.45, 2.75) is 39.0 Å². The molecule has 31 heavy (non-hydrogen) atoms. The van der Waals surface area contributed by atoms with Gasteiger partial charge in [0, 0.05) is 25.1 Å². The molecule has 0 unspecified atom stereocenters. The van der Waals surface area contributed by atoms with Crippen LogP contribution in [0.5, 0.6) is 5.75 Å². The molecule has 0 spiro atoms. The van der Waals surface area contributed by atoms with Crippen molar-refractivity contribution in [1.82, 2.24) is 4.90 Å². The molecule has 1 fully saturated rings. The van der Waals surface area contributed by atoms with Crippen LogP contribution in [-0.2, 0) is 15.0 Å². The molecule has 0 bridgehead atoms. The molecule has 1 aliphatic heterocycles. The van der Waals surface area contributed by atoms with E-state index >= 15 is 0 Å². The molecule has 1 heterocycles. The van der Waals surface area contributed by atoms with Crippen molar-refractivity contribution in [3.05, 3.63) is 65.7 Å². The zero-order valence-corrected chi connectivity index (χ0v) is 18.9. The first kappa shape index (κ1) is 22.6. The van der Waals surface area contributed by atoms with Crippen LogP contribution in [0.4, 0.5) is 5.69 Å². The van der Waals surface area contributed by atoms with Crippen LogP contribution in [0.15, 0.2) is 54.6 Å². The molecule has 1 aliphatic rings. The van der Waals surface area contributed by atoms with Crippen LogP contribution in [0.25, 0.3) is 6.08 Å². The van der Waals surface area contributed by atoms with E-state index in [1.54, 1.807) is 13.2 Å². The molecule has 2 aromatic carbocycles. The number of piperidine rings is 1. The van der Waals surface area contributed by atoms with E-state index in [0.717, 1.165) is 5.56 Å². The minimum Gasteiger partial charge on any atom is -0.495 e. The lowest BCUT2D eigenvalue weighted by Gasteiger charge is -2.30. The highest BCUT2D eigenvalue weighted by molar-refractivity contribution is 5.95. The third-order valence-corrected chi connectivity index (χ3v) is 5.74. The molecule has 1 N–H and O–H groups in total. The maximum atomic E-state index is 12.6. The van der Waals surface area contributed by atoms with Gasteiger partial charge in [-0.1, -0.05) is 57.2 Å². The first-order valence-electron chi connectivity index (χ1n) is 10.8. The van der Waals surface area contributed by atoms with E-state index in [2.05, 4.69) is 38.2 Å². The average molecular weight is 421 g/mol. The van der Waals surface area contributed by atoms with Gasteiger partial charge in [0.05, 0.1) is 12.8 Å². The van der Waals surface area contributed by atoms with Gasteiger partial charge < -0.3 is 15.0 Å². The number of para-hydroxylation sites is 2. The van der Waals surface area contributed by atoms with Gasteiger partial charge in [-0.15, -0.1) is 0 Å². The van der Waals surface area contributed by atoms with Gasteiger partial charge in [0.2, 0.25) is 11.8 Å². The normalized spacial score (nSPS) is 15.2. The van der Waals surface area contributed by atoms with E-state index in [1.807, 2.05) is 47.4 Å². The Morgan fingerprint density at radius 1 is 1.03 bits per heavy atom. The molecule has 0 saturated carbocycles. The van der Waals surface area contributed by atoms with Crippen LogP contribution >= 0.6 is 0 Å². The predicted octanol–water partition coefficient (Wildman–Crippen LogP) is 4.88. The van der Waals surface area contributed by atoms with Gasteiger partial charge >= 0.3 is 0 Å². The number of hydrogen-bond donors (Lipinski definition) is 1. The number of amides is 2. The summed E-state index contributed by atoms with van der Waals surface area (Å²) in [5, 5.41) is 2.96. The Morgan fingerprint density at radius 3 is 2.29 bits per heavy atom. The van der Waals surface area contributed by atoms with Gasteiger partial charge in [0.15, 0.2) is 0 Å². The standard InChI is InChI=1S/C26H32N2O3/c1-26(2,3)21-12-9-19(10-13-21)11-14-24(29)28-17-15-20(16-18-28)25(30)27-22-7-5-6-8-23(22)31-4/h5-14,20H,15-18H2,1-4H3,(H,27,30)/b14-11+. The molecule has 5 heteroatoms. The Labute approximate surface area is 185 Å². The van der Waals surface area contributed by atoms with E-state index in [9.17, 15) is 9.59 Å². The Hall–Kier alpha value is -3.08. The number of nitrogens with zero attached hydrogens (tertiary/aromatic N) is 1. The molecule has 3 rings (SSSR count). The SMILES string of the molecule is COc1ccccc1NC(=O)C1CCN(C(=O)/C=C/c2ccc(C(C)(C)C)cc2)CC1. The van der Waals surface area contributed by atoms with E-state index in [4.69, 9.17) is 4.74 Å². The largest absolute Gasteiger partial charge is 0.495 e. The summed E-state index contributed by atoms with van der Waals surface area (Å²) in [5.41, 5.74) is 3.06. The highest BCUT2D eigenvalue weighted by Gasteiger charge is 2.27. The van der Waals surface area contributed by atoms with Gasteiger partial charge in [-0.25, -0.2) is 0 Å². The molecule has 0 aromatic heterocycles. The van der Waals surface area contributed by atoms with Crippen LogP contribution in [-0.4, -0.2) is 36.9 Å². The average Bonchev–Trinajstić information content (AvgIpc) is 2.77. The number of hydrogen-bond acceptors (Lipinski definition) is 3. The molecule has 5 nitrogen and oxygen atoms in total. The Morgan fingerprint density at radius 2 is 1.68 bits per heavy atom. The topological polar surface area (TPSA) is 58.6 Å². The fraction of sp³-hybridized carbons (Fsp3) is 0.385. The molecule has 0 atom stereocenters. The fourth-order valence-electron chi connectivity index (χ4n) is 3.71. The number of methoxy groups -OCH3 is 1. The first-order valence-corrected chi connectivity index (χ1v) is 10.8. The molecular weight excluding hydrogens is 388 g/mol. The minimum absolute atomic E-state index is 0.0107. The van der Waals surface area contributed by atoms with Gasteiger partial charge in [0.1, 0.15) is 5.75 Å². The van der Waals surface area contributed by atoms with Gasteiger partial charge in [-0.2, -0.15) is 0 Å². The summed E-state index contributed by atoms with van der Waals surface area (Å²) in [6.07, 6.45) is 4.79. The monoisotopic (exact) mass is 420 g/mol. The lowest BCUT2D eigenvalue weighted by Crippen LogP contribution is -2.40. The summed E-state index contributed by atoms with van der Waals surface area (Å²) in [5.74, 6) is 0.501. The Bertz CT molecular complexity index is 934. The third kappa shape index (κ3) is 5.97. The lowest BCUT2D eigenvalue weighted by molar-refractivity contribution is -0.130. The van der Waals surface area contributed by atoms with Gasteiger partial charge in [0.25, 0.3) is 0 Å². The lowest BCUT2D eigenvalue weighted by atomic mass is 9.87. The van der Waals surface area contributed by atoms with Crippen molar-refractivity contribution < 1.29 is 14.3 Å². The molecule has 0 aliphatic carbocycles. The summed E-state index contributed by atoms with van der Waals surface area (Å²) >= 11 is 0. The zero-order valence-electron chi connectivity index (χ0n) is 18.9. The fourth-order valence-corrected chi connectivity index (χ4v) is 3.71. The van der Waals surface area contributed by atoms with Crippen molar-refractivity contribution in [2.24, 2.45) is 5.92 Å². The second-order valence-corrected chi connectivity index (χ2v) is 8.99. The summed E-state index contributed by atoms with van der Waals surface area (Å²) in [6, 6.07) is 15.7. The number of anilines is 1. The van der Waals surface area contributed by atoms with E-state index in [1.165, 1.54) is 5.56 Å². The highest BCUT2D eigenvalue weighted by atomic mass is 16.5. The zero-order chi connectivity index (χ0) is 22.4. The summed E-state index contributed by atoms with van der Waals surface area (Å²) < 4.78 is 5.29. The summed E-state index contributed by atoms with van der Waals surface area (Å²) in [6.45, 7) is 7.71. The van der Waals surface area contributed by atoms with Crippen LogP contribution in [0.3, 0.4) is 0 Å². The number of rotatable bonds is 5. The number of benzene rings is 2. The number of likely N-dealkylation sites (tertiary alicyclic amines) is 1. The van der Waals surface area contributed by atoms with E-state index in [-0.39, 0.29) is 23.1 Å². The van der Waals surface area contributed by atoms with E-state index in [0.29, 0.717) is 37.4 Å². The molecule has 2 aromatic rings. The van der Waals surface area contributed by atoms with Crippen LogP contribution < -0.4 is 10.1 Å². The maximum absolute atomic E-state index is 12.6. The third-order valence-electron chi connectivity index (χ3n) is 5.74. The Balaban J connectivity index is 1.51. The Kier molecular flexibility index (Phi) is 7.16. The maximum Gasteiger partial charge on any atom is 0.246 e. The highest BCUT2D eigenvalue weighted by Crippen LogP contribution is 2.26. The van der Waals surface area contributed by atoms with Crippen molar-refractivity contribution in [1.29, 1.82) is 0 Å². The minimum atomic E-state index is -0.108. The predicted molar refractivity (Wildman–Crippen MR) is 125 cm³/mol. The van der Waals surface area contributed by atoms with Crippen LogP contribution in [0, 0.1) is 5.92 Å². The van der Waals surface area contributed by atoms with Gasteiger partial charge in [-0.3, -0.25) is 9.59 Å². The summed E-state index contributed by atoms with van der Waals surface area (Å²) in [4.78, 5) is 27.0. The van der Waals surface area contributed by atoms with Gasteiger partial charge in [-0.05, 0) is 47.6 Å². The van der Waals surface area contributed by atoms with Crippen LogP contribution in [0.2, 0.25) is 0 Å². The number of carbonyl (C=O) groups is 2. The van der Waals surface area contributed by atoms with Crippen molar-refractivity contribution in [2.75, 3.05) is 25.5 Å².